The van der Waals surface area contributed by atoms with Gasteiger partial charge in [0.05, 0.1) is 11.9 Å². The normalized spacial score (nSPS) is 12.3. The van der Waals surface area contributed by atoms with Crippen molar-refractivity contribution in [1.82, 2.24) is 9.97 Å². The quantitative estimate of drug-likeness (QED) is 0.738. The number of nitrogens with one attached hydrogen (secondary N) is 1. The predicted octanol–water partition coefficient (Wildman–Crippen LogP) is 4.23. The summed E-state index contributed by atoms with van der Waals surface area (Å²) in [5, 5.41) is 0. The third kappa shape index (κ3) is 2.43. The molecule has 0 spiro atoms. The van der Waals surface area contributed by atoms with Crippen LogP contribution in [0.2, 0.25) is 0 Å². The minimum Gasteiger partial charge on any atom is -0.342 e. The summed E-state index contributed by atoms with van der Waals surface area (Å²) in [4.78, 5) is 7.93. The molecule has 1 aromatic heterocycles. The van der Waals surface area contributed by atoms with Gasteiger partial charge in [0.2, 0.25) is 0 Å². The largest absolute Gasteiger partial charge is 0.342 e. The van der Waals surface area contributed by atoms with Crippen molar-refractivity contribution in [2.24, 2.45) is 0 Å². The first-order chi connectivity index (χ1) is 9.34. The molecule has 3 rings (SSSR count). The number of hydrogen-bond acceptors (Lipinski definition) is 1. The summed E-state index contributed by atoms with van der Waals surface area (Å²) in [5.41, 5.74) is 3.51. The van der Waals surface area contributed by atoms with Gasteiger partial charge in [0.1, 0.15) is 5.82 Å². The fraction of sp³-hybridized carbons (Fsp3) is 0.118. The highest BCUT2D eigenvalue weighted by molar-refractivity contribution is 5.58. The summed E-state index contributed by atoms with van der Waals surface area (Å²) in [6.45, 7) is 2.17. The molecule has 3 aromatic rings. The van der Waals surface area contributed by atoms with Crippen molar-refractivity contribution < 1.29 is 0 Å². The Kier molecular flexibility index (Phi) is 3.15. The molecule has 0 saturated heterocycles. The van der Waals surface area contributed by atoms with E-state index >= 15 is 0 Å². The van der Waals surface area contributed by atoms with Crippen LogP contribution in [0.15, 0.2) is 66.9 Å². The van der Waals surface area contributed by atoms with Crippen LogP contribution < -0.4 is 0 Å². The van der Waals surface area contributed by atoms with Gasteiger partial charge >= 0.3 is 0 Å². The van der Waals surface area contributed by atoms with Crippen molar-refractivity contribution in [2.45, 2.75) is 12.8 Å². The van der Waals surface area contributed by atoms with Gasteiger partial charge in [-0.15, -0.1) is 0 Å². The van der Waals surface area contributed by atoms with Crippen LogP contribution in [-0.4, -0.2) is 9.97 Å². The number of imidazole rings is 1. The highest BCUT2D eigenvalue weighted by Gasteiger charge is 2.12. The number of benzene rings is 2. The Bertz CT molecular complexity index is 641. The Balaban J connectivity index is 1.90. The molecule has 0 aliphatic carbocycles. The predicted molar refractivity (Wildman–Crippen MR) is 78.0 cm³/mol. The van der Waals surface area contributed by atoms with E-state index < -0.39 is 0 Å². The Morgan fingerprint density at radius 3 is 2.21 bits per heavy atom. The first-order valence-electron chi connectivity index (χ1n) is 6.50. The number of nitrogens with zero attached hydrogens (tertiary/aromatic N) is 1. The summed E-state index contributed by atoms with van der Waals surface area (Å²) in [7, 11) is 0. The zero-order valence-corrected chi connectivity index (χ0v) is 10.9. The standard InChI is InChI=1S/C17H16N2/c1-13(14-8-4-2-5-9-14)17-18-12-16(19-17)15-10-6-3-7-11-15/h2-13H,1H3,(H,18,19). The molecule has 0 amide bonds. The van der Waals surface area contributed by atoms with Crippen molar-refractivity contribution >= 4 is 0 Å². The SMILES string of the molecule is CC(c1ccccc1)c1ncc(-c2ccccc2)[nH]1. The Morgan fingerprint density at radius 2 is 1.53 bits per heavy atom. The fourth-order valence-corrected chi connectivity index (χ4v) is 2.22. The molecule has 0 fully saturated rings. The molecular weight excluding hydrogens is 232 g/mol. The van der Waals surface area contributed by atoms with E-state index in [4.69, 9.17) is 0 Å². The first kappa shape index (κ1) is 11.7. The molecule has 1 unspecified atom stereocenters. The van der Waals surface area contributed by atoms with Crippen molar-refractivity contribution in [1.29, 1.82) is 0 Å². The molecule has 1 N–H and O–H groups in total. The lowest BCUT2D eigenvalue weighted by molar-refractivity contribution is 0.841. The van der Waals surface area contributed by atoms with Gasteiger partial charge in [-0.2, -0.15) is 0 Å². The monoisotopic (exact) mass is 248 g/mol. The number of aromatic amines is 1. The van der Waals surface area contributed by atoms with Crippen molar-refractivity contribution in [3.05, 3.63) is 78.2 Å². The van der Waals surface area contributed by atoms with E-state index in [2.05, 4.69) is 53.3 Å². The fourth-order valence-electron chi connectivity index (χ4n) is 2.22. The zero-order valence-electron chi connectivity index (χ0n) is 10.9. The lowest BCUT2D eigenvalue weighted by atomic mass is 10.0. The van der Waals surface area contributed by atoms with Gasteiger partial charge in [-0.1, -0.05) is 67.6 Å². The van der Waals surface area contributed by atoms with Gasteiger partial charge in [-0.25, -0.2) is 4.98 Å². The van der Waals surface area contributed by atoms with Crippen LogP contribution in [0.5, 0.6) is 0 Å². The minimum atomic E-state index is 0.277. The molecule has 1 atom stereocenters. The van der Waals surface area contributed by atoms with Gasteiger partial charge in [0.25, 0.3) is 0 Å². The average Bonchev–Trinajstić information content (AvgIpc) is 2.98. The molecule has 2 aromatic carbocycles. The second-order valence-electron chi connectivity index (χ2n) is 4.68. The highest BCUT2D eigenvalue weighted by Crippen LogP contribution is 2.24. The van der Waals surface area contributed by atoms with Gasteiger partial charge in [0.15, 0.2) is 0 Å². The second kappa shape index (κ2) is 5.11. The Labute approximate surface area is 113 Å². The first-order valence-corrected chi connectivity index (χ1v) is 6.50. The van der Waals surface area contributed by atoms with E-state index in [0.717, 1.165) is 11.5 Å². The van der Waals surface area contributed by atoms with Gasteiger partial charge < -0.3 is 4.98 Å². The molecular formula is C17H16N2. The van der Waals surface area contributed by atoms with E-state index in [0.29, 0.717) is 0 Å². The second-order valence-corrected chi connectivity index (χ2v) is 4.68. The minimum absolute atomic E-state index is 0.277. The van der Waals surface area contributed by atoms with E-state index in [1.165, 1.54) is 11.1 Å². The van der Waals surface area contributed by atoms with Crippen molar-refractivity contribution in [3.63, 3.8) is 0 Å². The van der Waals surface area contributed by atoms with E-state index in [1.54, 1.807) is 0 Å². The third-order valence-corrected chi connectivity index (χ3v) is 3.39. The molecule has 0 saturated carbocycles. The maximum absolute atomic E-state index is 4.51. The maximum atomic E-state index is 4.51. The smallest absolute Gasteiger partial charge is 0.113 e. The topological polar surface area (TPSA) is 28.7 Å². The van der Waals surface area contributed by atoms with Gasteiger partial charge in [0, 0.05) is 5.92 Å². The highest BCUT2D eigenvalue weighted by atomic mass is 14.9. The van der Waals surface area contributed by atoms with Crippen LogP contribution in [0.3, 0.4) is 0 Å². The van der Waals surface area contributed by atoms with Crippen LogP contribution in [0, 0.1) is 0 Å². The van der Waals surface area contributed by atoms with E-state index in [-0.39, 0.29) is 5.92 Å². The van der Waals surface area contributed by atoms with Crippen LogP contribution >= 0.6 is 0 Å². The number of aromatic nitrogens is 2. The molecule has 94 valence electrons. The zero-order chi connectivity index (χ0) is 13.1. The van der Waals surface area contributed by atoms with Crippen LogP contribution in [-0.2, 0) is 0 Å². The molecule has 0 aliphatic rings. The van der Waals surface area contributed by atoms with Crippen molar-refractivity contribution in [3.8, 4) is 11.3 Å². The average molecular weight is 248 g/mol. The molecule has 1 heterocycles. The maximum Gasteiger partial charge on any atom is 0.113 e. The molecule has 0 aliphatic heterocycles. The Morgan fingerprint density at radius 1 is 0.895 bits per heavy atom. The summed E-state index contributed by atoms with van der Waals surface area (Å²) < 4.78 is 0. The summed E-state index contributed by atoms with van der Waals surface area (Å²) in [6.07, 6.45) is 1.91. The van der Waals surface area contributed by atoms with Crippen molar-refractivity contribution in [2.75, 3.05) is 0 Å². The Hall–Kier alpha value is -2.35. The van der Waals surface area contributed by atoms with Crippen LogP contribution in [0.1, 0.15) is 24.2 Å². The summed E-state index contributed by atoms with van der Waals surface area (Å²) >= 11 is 0. The number of rotatable bonds is 3. The van der Waals surface area contributed by atoms with Crippen LogP contribution in [0.4, 0.5) is 0 Å². The molecule has 0 radical (unpaired) electrons. The summed E-state index contributed by atoms with van der Waals surface area (Å²) in [5.74, 6) is 1.28. The van der Waals surface area contributed by atoms with E-state index in [1.807, 2.05) is 30.5 Å². The number of hydrogen-bond donors (Lipinski definition) is 1. The molecule has 19 heavy (non-hydrogen) atoms. The molecule has 2 nitrogen and oxygen atoms in total. The van der Waals surface area contributed by atoms with Gasteiger partial charge in [-0.3, -0.25) is 0 Å². The molecule has 0 bridgehead atoms. The van der Waals surface area contributed by atoms with Gasteiger partial charge in [-0.05, 0) is 11.1 Å². The lowest BCUT2D eigenvalue weighted by Crippen LogP contribution is -1.97. The summed E-state index contributed by atoms with van der Waals surface area (Å²) in [6, 6.07) is 20.7. The third-order valence-electron chi connectivity index (χ3n) is 3.39. The van der Waals surface area contributed by atoms with E-state index in [9.17, 15) is 0 Å². The lowest BCUT2D eigenvalue weighted by Gasteiger charge is -2.08. The van der Waals surface area contributed by atoms with Crippen LogP contribution in [0.25, 0.3) is 11.3 Å². The number of H-pyrrole nitrogens is 1. The molecule has 2 heteroatoms.